The summed E-state index contributed by atoms with van der Waals surface area (Å²) < 4.78 is 11.3. The van der Waals surface area contributed by atoms with E-state index in [2.05, 4.69) is 0 Å². The number of halogens is 1. The van der Waals surface area contributed by atoms with Crippen LogP contribution in [0.4, 0.5) is 4.79 Å². The smallest absolute Gasteiger partial charge is 0.410 e. The highest BCUT2D eigenvalue weighted by Crippen LogP contribution is 2.27. The lowest BCUT2D eigenvalue weighted by atomic mass is 10.1. The van der Waals surface area contributed by atoms with E-state index in [0.717, 1.165) is 24.3 Å². The largest absolute Gasteiger partial charge is 0.493 e. The summed E-state index contributed by atoms with van der Waals surface area (Å²) in [5.74, 6) is 1.13. The molecule has 22 heavy (non-hydrogen) atoms. The molecule has 1 unspecified atom stereocenters. The Labute approximate surface area is 137 Å². The molecule has 0 spiro atoms. The zero-order chi connectivity index (χ0) is 16.3. The fourth-order valence-corrected chi connectivity index (χ4v) is 2.58. The summed E-state index contributed by atoms with van der Waals surface area (Å²) in [5, 5.41) is 0.708. The lowest BCUT2D eigenvalue weighted by Gasteiger charge is -2.24. The zero-order valence-corrected chi connectivity index (χ0v) is 14.4. The lowest BCUT2D eigenvalue weighted by molar-refractivity contribution is 0.0285. The molecule has 1 heterocycles. The molecule has 0 bridgehead atoms. The number of likely N-dealkylation sites (tertiary alicyclic amines) is 1. The van der Waals surface area contributed by atoms with Crippen molar-refractivity contribution >= 4 is 17.7 Å². The van der Waals surface area contributed by atoms with Gasteiger partial charge < -0.3 is 14.4 Å². The average molecular weight is 326 g/mol. The van der Waals surface area contributed by atoms with Crippen LogP contribution in [0.2, 0.25) is 5.02 Å². The van der Waals surface area contributed by atoms with E-state index in [1.807, 2.05) is 45.9 Å². The van der Waals surface area contributed by atoms with E-state index in [9.17, 15) is 4.79 Å². The molecule has 0 aromatic heterocycles. The van der Waals surface area contributed by atoms with Crippen molar-refractivity contribution < 1.29 is 14.3 Å². The highest BCUT2D eigenvalue weighted by molar-refractivity contribution is 6.31. The summed E-state index contributed by atoms with van der Waals surface area (Å²) in [5.41, 5.74) is 0.495. The van der Waals surface area contributed by atoms with Gasteiger partial charge in [-0.05, 0) is 46.2 Å². The molecule has 1 aliphatic rings. The number of nitrogens with zero attached hydrogens (tertiary/aromatic N) is 1. The molecular formula is C17H24ClNO3. The van der Waals surface area contributed by atoms with Crippen molar-refractivity contribution in [1.29, 1.82) is 0 Å². The van der Waals surface area contributed by atoms with Crippen molar-refractivity contribution in [3.8, 4) is 5.75 Å². The summed E-state index contributed by atoms with van der Waals surface area (Å²) in [4.78, 5) is 13.8. The van der Waals surface area contributed by atoms with E-state index in [4.69, 9.17) is 21.1 Å². The van der Waals surface area contributed by atoms with Gasteiger partial charge in [-0.2, -0.15) is 0 Å². The normalized spacial score (nSPS) is 18.4. The van der Waals surface area contributed by atoms with Crippen molar-refractivity contribution in [2.24, 2.45) is 5.92 Å². The molecule has 0 aliphatic carbocycles. The highest BCUT2D eigenvalue weighted by atomic mass is 35.5. The SMILES string of the molecule is Cc1c(Cl)cccc1OCC1CCN(C(=O)OC(C)(C)C)C1. The standard InChI is InChI=1S/C17H24ClNO3/c1-12-14(18)6-5-7-15(12)21-11-13-8-9-19(10-13)16(20)22-17(2,3)4/h5-7,13H,8-11H2,1-4H3. The molecule has 1 fully saturated rings. The molecule has 1 saturated heterocycles. The molecule has 2 rings (SSSR count). The molecule has 4 nitrogen and oxygen atoms in total. The minimum atomic E-state index is -0.455. The predicted octanol–water partition coefficient (Wildman–Crippen LogP) is 4.28. The van der Waals surface area contributed by atoms with Gasteiger partial charge in [-0.25, -0.2) is 4.79 Å². The second-order valence-electron chi connectivity index (χ2n) is 6.76. The molecule has 122 valence electrons. The van der Waals surface area contributed by atoms with Crippen LogP contribution in [0.25, 0.3) is 0 Å². The zero-order valence-electron chi connectivity index (χ0n) is 13.7. The summed E-state index contributed by atoms with van der Waals surface area (Å²) in [7, 11) is 0. The van der Waals surface area contributed by atoms with Crippen LogP contribution < -0.4 is 4.74 Å². The van der Waals surface area contributed by atoms with Crippen LogP contribution in [0.3, 0.4) is 0 Å². The first kappa shape index (κ1) is 16.9. The Bertz CT molecular complexity index is 539. The van der Waals surface area contributed by atoms with Gasteiger partial charge in [-0.15, -0.1) is 0 Å². The minimum absolute atomic E-state index is 0.242. The van der Waals surface area contributed by atoms with Crippen LogP contribution in [0.15, 0.2) is 18.2 Å². The fraction of sp³-hybridized carbons (Fsp3) is 0.588. The van der Waals surface area contributed by atoms with Crippen molar-refractivity contribution in [3.05, 3.63) is 28.8 Å². The Morgan fingerprint density at radius 2 is 2.14 bits per heavy atom. The lowest BCUT2D eigenvalue weighted by Crippen LogP contribution is -2.35. The van der Waals surface area contributed by atoms with E-state index >= 15 is 0 Å². The molecule has 0 saturated carbocycles. The van der Waals surface area contributed by atoms with E-state index in [1.54, 1.807) is 4.90 Å². The average Bonchev–Trinajstić information content (AvgIpc) is 2.87. The number of benzene rings is 1. The molecular weight excluding hydrogens is 302 g/mol. The van der Waals surface area contributed by atoms with E-state index in [-0.39, 0.29) is 6.09 Å². The van der Waals surface area contributed by atoms with Crippen LogP contribution in [-0.2, 0) is 4.74 Å². The number of hydrogen-bond donors (Lipinski definition) is 0. The number of rotatable bonds is 3. The van der Waals surface area contributed by atoms with Gasteiger partial charge in [0.2, 0.25) is 0 Å². The summed E-state index contributed by atoms with van der Waals surface area (Å²) in [6.07, 6.45) is 0.688. The first-order valence-corrected chi connectivity index (χ1v) is 8.00. The maximum Gasteiger partial charge on any atom is 0.410 e. The number of hydrogen-bond acceptors (Lipinski definition) is 3. The van der Waals surface area contributed by atoms with Crippen molar-refractivity contribution in [2.45, 2.75) is 39.7 Å². The Morgan fingerprint density at radius 1 is 1.41 bits per heavy atom. The molecule has 5 heteroatoms. The Morgan fingerprint density at radius 3 is 2.82 bits per heavy atom. The molecule has 1 atom stereocenters. The molecule has 1 amide bonds. The summed E-state index contributed by atoms with van der Waals surface area (Å²) in [6.45, 7) is 9.56. The molecule has 1 aromatic rings. The highest BCUT2D eigenvalue weighted by Gasteiger charge is 2.30. The predicted molar refractivity (Wildman–Crippen MR) is 87.6 cm³/mol. The van der Waals surface area contributed by atoms with Crippen molar-refractivity contribution in [2.75, 3.05) is 19.7 Å². The minimum Gasteiger partial charge on any atom is -0.493 e. The molecule has 1 aromatic carbocycles. The van der Waals surface area contributed by atoms with E-state index in [1.165, 1.54) is 0 Å². The Kier molecular flexibility index (Phi) is 5.22. The third-order valence-corrected chi connectivity index (χ3v) is 4.04. The Hall–Kier alpha value is -1.42. The van der Waals surface area contributed by atoms with Crippen molar-refractivity contribution in [1.82, 2.24) is 4.90 Å². The maximum atomic E-state index is 12.0. The van der Waals surface area contributed by atoms with E-state index in [0.29, 0.717) is 24.1 Å². The third kappa shape index (κ3) is 4.54. The summed E-state index contributed by atoms with van der Waals surface area (Å²) >= 11 is 6.09. The summed E-state index contributed by atoms with van der Waals surface area (Å²) in [6, 6.07) is 5.65. The van der Waals surface area contributed by atoms with Crippen LogP contribution in [-0.4, -0.2) is 36.3 Å². The quantitative estimate of drug-likeness (QED) is 0.832. The number of amides is 1. The molecule has 0 radical (unpaired) electrons. The van der Waals surface area contributed by atoms with Gasteiger partial charge >= 0.3 is 6.09 Å². The molecule has 1 aliphatic heterocycles. The topological polar surface area (TPSA) is 38.8 Å². The maximum absolute atomic E-state index is 12.0. The number of carbonyl (C=O) groups is 1. The van der Waals surface area contributed by atoms with Gasteiger partial charge in [-0.1, -0.05) is 17.7 Å². The molecule has 0 N–H and O–H groups in total. The third-order valence-electron chi connectivity index (χ3n) is 3.63. The van der Waals surface area contributed by atoms with Gasteiger partial charge in [0.05, 0.1) is 6.61 Å². The first-order chi connectivity index (χ1) is 10.3. The Balaban J connectivity index is 1.84. The van der Waals surface area contributed by atoms with Gasteiger partial charge in [0.25, 0.3) is 0 Å². The van der Waals surface area contributed by atoms with Crippen molar-refractivity contribution in [3.63, 3.8) is 0 Å². The van der Waals surface area contributed by atoms with Crippen LogP contribution in [0, 0.1) is 12.8 Å². The van der Waals surface area contributed by atoms with Crippen LogP contribution >= 0.6 is 11.6 Å². The van der Waals surface area contributed by atoms with Gasteiger partial charge in [-0.3, -0.25) is 0 Å². The van der Waals surface area contributed by atoms with Gasteiger partial charge in [0.15, 0.2) is 0 Å². The van der Waals surface area contributed by atoms with E-state index < -0.39 is 5.60 Å². The monoisotopic (exact) mass is 325 g/mol. The first-order valence-electron chi connectivity index (χ1n) is 7.62. The van der Waals surface area contributed by atoms with Gasteiger partial charge in [0.1, 0.15) is 11.4 Å². The fourth-order valence-electron chi connectivity index (χ4n) is 2.41. The van der Waals surface area contributed by atoms with Crippen LogP contribution in [0.5, 0.6) is 5.75 Å². The second kappa shape index (κ2) is 6.78. The van der Waals surface area contributed by atoms with Crippen LogP contribution in [0.1, 0.15) is 32.8 Å². The number of ether oxygens (including phenoxy) is 2. The van der Waals surface area contributed by atoms with Gasteiger partial charge in [0, 0.05) is 29.6 Å². The number of carbonyl (C=O) groups excluding carboxylic acids is 1. The second-order valence-corrected chi connectivity index (χ2v) is 7.16.